The van der Waals surface area contributed by atoms with Crippen LogP contribution in [0, 0.1) is 0 Å². The number of ether oxygens (including phenoxy) is 1. The van der Waals surface area contributed by atoms with Crippen LogP contribution in [-0.2, 0) is 4.74 Å². The van der Waals surface area contributed by atoms with Gasteiger partial charge in [0.2, 0.25) is 0 Å². The first kappa shape index (κ1) is 23.3. The summed E-state index contributed by atoms with van der Waals surface area (Å²) in [4.78, 5) is 7.73. The number of thiophene rings is 1. The second-order valence-corrected chi connectivity index (χ2v) is 7.98. The SMILES string of the molecule is CN=C(NCC(O)c1cc2ccccc2s1)NCC1CCCN1CCOC.I. The van der Waals surface area contributed by atoms with Crippen molar-refractivity contribution < 1.29 is 9.84 Å². The van der Waals surface area contributed by atoms with E-state index in [4.69, 9.17) is 4.74 Å². The maximum absolute atomic E-state index is 10.5. The number of guanidine groups is 1. The molecule has 1 aromatic heterocycles. The van der Waals surface area contributed by atoms with Crippen LogP contribution in [0.2, 0.25) is 0 Å². The summed E-state index contributed by atoms with van der Waals surface area (Å²) in [6.45, 7) is 4.16. The number of nitrogens with one attached hydrogen (secondary N) is 2. The molecule has 2 unspecified atom stereocenters. The topological polar surface area (TPSA) is 69.1 Å². The summed E-state index contributed by atoms with van der Waals surface area (Å²) in [5, 5.41) is 18.4. The molecule has 1 aliphatic rings. The Morgan fingerprint density at radius 1 is 1.39 bits per heavy atom. The largest absolute Gasteiger partial charge is 0.386 e. The van der Waals surface area contributed by atoms with Gasteiger partial charge in [0.15, 0.2) is 5.96 Å². The Labute approximate surface area is 188 Å². The Morgan fingerprint density at radius 2 is 2.21 bits per heavy atom. The first-order valence-electron chi connectivity index (χ1n) is 9.55. The van der Waals surface area contributed by atoms with Crippen molar-refractivity contribution in [1.29, 1.82) is 0 Å². The number of nitrogens with zero attached hydrogens (tertiary/aromatic N) is 2. The van der Waals surface area contributed by atoms with Crippen molar-refractivity contribution in [3.63, 3.8) is 0 Å². The van der Waals surface area contributed by atoms with Crippen LogP contribution in [0.3, 0.4) is 0 Å². The third-order valence-electron chi connectivity index (χ3n) is 5.05. The zero-order valence-corrected chi connectivity index (χ0v) is 19.7. The van der Waals surface area contributed by atoms with Crippen LogP contribution in [0.4, 0.5) is 0 Å². The molecule has 3 rings (SSSR count). The van der Waals surface area contributed by atoms with Gasteiger partial charge >= 0.3 is 0 Å². The third-order valence-corrected chi connectivity index (χ3v) is 6.26. The van der Waals surface area contributed by atoms with Crippen LogP contribution in [0.1, 0.15) is 23.8 Å². The van der Waals surface area contributed by atoms with Gasteiger partial charge in [-0.3, -0.25) is 9.89 Å². The molecule has 0 amide bonds. The highest BCUT2D eigenvalue weighted by atomic mass is 127. The van der Waals surface area contributed by atoms with Crippen LogP contribution < -0.4 is 10.6 Å². The fourth-order valence-corrected chi connectivity index (χ4v) is 4.58. The van der Waals surface area contributed by atoms with E-state index in [1.54, 1.807) is 25.5 Å². The van der Waals surface area contributed by atoms with Crippen molar-refractivity contribution in [3.8, 4) is 0 Å². The maximum Gasteiger partial charge on any atom is 0.191 e. The molecule has 0 saturated carbocycles. The van der Waals surface area contributed by atoms with Gasteiger partial charge in [0.05, 0.1) is 6.61 Å². The Hall–Kier alpha value is -0.940. The Bertz CT molecular complexity index is 722. The normalized spacial score (nSPS) is 18.8. The van der Waals surface area contributed by atoms with Crippen molar-refractivity contribution in [2.75, 3.05) is 46.9 Å². The van der Waals surface area contributed by atoms with Crippen molar-refractivity contribution in [1.82, 2.24) is 15.5 Å². The molecule has 2 aromatic rings. The number of rotatable bonds is 8. The summed E-state index contributed by atoms with van der Waals surface area (Å²) in [6, 6.07) is 10.8. The van der Waals surface area contributed by atoms with Crippen LogP contribution in [0.5, 0.6) is 0 Å². The predicted molar refractivity (Wildman–Crippen MR) is 128 cm³/mol. The standard InChI is InChI=1S/C20H30N4O2S.HI/c1-21-20(22-13-16-7-5-9-24(16)10-11-26-2)23-14-17(25)19-12-15-6-3-4-8-18(15)27-19;/h3-4,6,8,12,16-17,25H,5,7,9-11,13-14H2,1-2H3,(H2,21,22,23);1H. The summed E-state index contributed by atoms with van der Waals surface area (Å²) >= 11 is 1.64. The van der Waals surface area contributed by atoms with E-state index in [1.165, 1.54) is 22.9 Å². The smallest absolute Gasteiger partial charge is 0.191 e. The van der Waals surface area contributed by atoms with Gasteiger partial charge in [-0.2, -0.15) is 0 Å². The zero-order valence-electron chi connectivity index (χ0n) is 16.6. The number of aliphatic hydroxyl groups is 1. The molecule has 156 valence electrons. The van der Waals surface area contributed by atoms with E-state index in [2.05, 4.69) is 38.7 Å². The van der Waals surface area contributed by atoms with Crippen molar-refractivity contribution in [2.45, 2.75) is 25.0 Å². The minimum Gasteiger partial charge on any atom is -0.386 e. The highest BCUT2D eigenvalue weighted by Crippen LogP contribution is 2.29. The number of aliphatic imine (C=N–C) groups is 1. The summed E-state index contributed by atoms with van der Waals surface area (Å²) in [5.41, 5.74) is 0. The molecule has 28 heavy (non-hydrogen) atoms. The van der Waals surface area contributed by atoms with Crippen LogP contribution in [0.25, 0.3) is 10.1 Å². The average Bonchev–Trinajstić information content (AvgIpc) is 3.32. The molecular formula is C20H31IN4O2S. The van der Waals surface area contributed by atoms with Crippen molar-refractivity contribution in [2.24, 2.45) is 4.99 Å². The van der Waals surface area contributed by atoms with Gasteiger partial charge in [0.1, 0.15) is 6.10 Å². The molecule has 1 fully saturated rings. The van der Waals surface area contributed by atoms with Gasteiger partial charge in [-0.05, 0) is 36.9 Å². The molecular weight excluding hydrogens is 487 g/mol. The van der Waals surface area contributed by atoms with Crippen molar-refractivity contribution >= 4 is 51.4 Å². The van der Waals surface area contributed by atoms with Gasteiger partial charge in [-0.1, -0.05) is 18.2 Å². The van der Waals surface area contributed by atoms with Crippen LogP contribution >= 0.6 is 35.3 Å². The zero-order chi connectivity index (χ0) is 19.1. The highest BCUT2D eigenvalue weighted by molar-refractivity contribution is 14.0. The number of likely N-dealkylation sites (tertiary alicyclic amines) is 1. The molecule has 2 heterocycles. The van der Waals surface area contributed by atoms with E-state index in [0.717, 1.165) is 37.1 Å². The molecule has 0 radical (unpaired) electrons. The molecule has 0 spiro atoms. The van der Waals surface area contributed by atoms with E-state index in [1.807, 2.05) is 12.1 Å². The summed E-state index contributed by atoms with van der Waals surface area (Å²) < 4.78 is 6.40. The highest BCUT2D eigenvalue weighted by Gasteiger charge is 2.24. The number of aliphatic hydroxyl groups excluding tert-OH is 1. The molecule has 6 nitrogen and oxygen atoms in total. The Balaban J connectivity index is 0.00000280. The molecule has 8 heteroatoms. The second-order valence-electron chi connectivity index (χ2n) is 6.86. The molecule has 0 aliphatic carbocycles. The molecule has 1 aliphatic heterocycles. The summed E-state index contributed by atoms with van der Waals surface area (Å²) in [7, 11) is 3.51. The van der Waals surface area contributed by atoms with E-state index < -0.39 is 6.10 Å². The van der Waals surface area contributed by atoms with E-state index >= 15 is 0 Å². The van der Waals surface area contributed by atoms with Gasteiger partial charge in [0.25, 0.3) is 0 Å². The number of hydrogen-bond donors (Lipinski definition) is 3. The quantitative estimate of drug-likeness (QED) is 0.285. The Kier molecular flexibility index (Phi) is 9.93. The fourth-order valence-electron chi connectivity index (χ4n) is 3.52. The predicted octanol–water partition coefficient (Wildman–Crippen LogP) is 2.83. The number of hydrogen-bond acceptors (Lipinski definition) is 5. The summed E-state index contributed by atoms with van der Waals surface area (Å²) in [6.07, 6.45) is 1.87. The molecule has 1 aromatic carbocycles. The van der Waals surface area contributed by atoms with Gasteiger partial charge in [-0.25, -0.2) is 0 Å². The molecule has 2 atom stereocenters. The lowest BCUT2D eigenvalue weighted by Crippen LogP contribution is -2.46. The number of benzene rings is 1. The Morgan fingerprint density at radius 3 is 2.96 bits per heavy atom. The monoisotopic (exact) mass is 518 g/mol. The minimum absolute atomic E-state index is 0. The van der Waals surface area contributed by atoms with Gasteiger partial charge < -0.3 is 20.5 Å². The van der Waals surface area contributed by atoms with E-state index in [9.17, 15) is 5.11 Å². The number of halogens is 1. The van der Waals surface area contributed by atoms with Crippen LogP contribution in [-0.4, -0.2) is 69.0 Å². The summed E-state index contributed by atoms with van der Waals surface area (Å²) in [5.74, 6) is 0.730. The average molecular weight is 518 g/mol. The van der Waals surface area contributed by atoms with Gasteiger partial charge in [-0.15, -0.1) is 35.3 Å². The number of methoxy groups -OCH3 is 1. The van der Waals surface area contributed by atoms with E-state index in [0.29, 0.717) is 12.6 Å². The second kappa shape index (κ2) is 11.9. The minimum atomic E-state index is -0.550. The first-order chi connectivity index (χ1) is 13.2. The third kappa shape index (κ3) is 6.28. The molecule has 1 saturated heterocycles. The lowest BCUT2D eigenvalue weighted by Gasteiger charge is -2.25. The lowest BCUT2D eigenvalue weighted by molar-refractivity contribution is 0.141. The lowest BCUT2D eigenvalue weighted by atomic mass is 10.2. The molecule has 3 N–H and O–H groups in total. The van der Waals surface area contributed by atoms with Crippen molar-refractivity contribution in [3.05, 3.63) is 35.2 Å². The van der Waals surface area contributed by atoms with Gasteiger partial charge in [0, 0.05) is 49.4 Å². The first-order valence-corrected chi connectivity index (χ1v) is 10.4. The maximum atomic E-state index is 10.5. The van der Waals surface area contributed by atoms with E-state index in [-0.39, 0.29) is 24.0 Å². The molecule has 0 bridgehead atoms. The fraction of sp³-hybridized carbons (Fsp3) is 0.550. The number of fused-ring (bicyclic) bond motifs is 1. The van der Waals surface area contributed by atoms with Crippen LogP contribution in [0.15, 0.2) is 35.3 Å².